The lowest BCUT2D eigenvalue weighted by Crippen LogP contribution is -2.44. The second-order valence-electron chi connectivity index (χ2n) is 7.10. The molecule has 2 heterocycles. The molecule has 2 aromatic rings. The SMILES string of the molecule is Cc1nc(COc2ccc(C(=O)O[C@@H](C)C(=O)N3CCC(C)CC3)cc2)no1. The summed E-state index contributed by atoms with van der Waals surface area (Å²) in [5.74, 6) is 1.43. The number of benzene rings is 1. The number of rotatable bonds is 6. The average molecular weight is 387 g/mol. The van der Waals surface area contributed by atoms with Gasteiger partial charge >= 0.3 is 5.97 Å². The minimum Gasteiger partial charge on any atom is -0.485 e. The summed E-state index contributed by atoms with van der Waals surface area (Å²) in [7, 11) is 0. The highest BCUT2D eigenvalue weighted by atomic mass is 16.5. The largest absolute Gasteiger partial charge is 0.485 e. The van der Waals surface area contributed by atoms with Crippen molar-refractivity contribution in [2.24, 2.45) is 5.92 Å². The minimum atomic E-state index is -0.807. The molecule has 1 aromatic heterocycles. The van der Waals surface area contributed by atoms with Gasteiger partial charge in [0, 0.05) is 20.0 Å². The van der Waals surface area contributed by atoms with E-state index in [1.165, 1.54) is 0 Å². The van der Waals surface area contributed by atoms with E-state index in [0.29, 0.717) is 42.0 Å². The van der Waals surface area contributed by atoms with Gasteiger partial charge in [0.25, 0.3) is 5.91 Å². The molecule has 0 spiro atoms. The van der Waals surface area contributed by atoms with Crippen molar-refractivity contribution in [2.75, 3.05) is 13.1 Å². The summed E-state index contributed by atoms with van der Waals surface area (Å²) in [6.07, 6.45) is 1.16. The van der Waals surface area contributed by atoms with Crippen LogP contribution in [0.4, 0.5) is 0 Å². The van der Waals surface area contributed by atoms with Crippen molar-refractivity contribution >= 4 is 11.9 Å². The van der Waals surface area contributed by atoms with Crippen molar-refractivity contribution in [3.8, 4) is 5.75 Å². The highest BCUT2D eigenvalue weighted by Gasteiger charge is 2.27. The molecular formula is C20H25N3O5. The first-order chi connectivity index (χ1) is 13.4. The van der Waals surface area contributed by atoms with Crippen molar-refractivity contribution in [3.05, 3.63) is 41.5 Å². The molecule has 3 rings (SSSR count). The predicted octanol–water partition coefficient (Wildman–Crippen LogP) is 2.76. The molecule has 0 aliphatic carbocycles. The molecule has 0 radical (unpaired) electrons. The normalized spacial score (nSPS) is 15.9. The molecule has 1 amide bonds. The number of carbonyl (C=O) groups is 2. The van der Waals surface area contributed by atoms with Crippen LogP contribution < -0.4 is 4.74 Å². The monoisotopic (exact) mass is 387 g/mol. The summed E-state index contributed by atoms with van der Waals surface area (Å²) >= 11 is 0. The lowest BCUT2D eigenvalue weighted by molar-refractivity contribution is -0.141. The third kappa shape index (κ3) is 5.09. The Hall–Kier alpha value is -2.90. The van der Waals surface area contributed by atoms with Crippen LogP contribution in [-0.4, -0.2) is 46.1 Å². The van der Waals surface area contributed by atoms with Crippen LogP contribution in [0.25, 0.3) is 0 Å². The zero-order chi connectivity index (χ0) is 20.1. The zero-order valence-electron chi connectivity index (χ0n) is 16.4. The summed E-state index contributed by atoms with van der Waals surface area (Å²) in [4.78, 5) is 30.6. The first kappa shape index (κ1) is 19.9. The van der Waals surface area contributed by atoms with Crippen molar-refractivity contribution < 1.29 is 23.6 Å². The quantitative estimate of drug-likeness (QED) is 0.703. The molecule has 1 saturated heterocycles. The average Bonchev–Trinajstić information content (AvgIpc) is 3.12. The van der Waals surface area contributed by atoms with Gasteiger partial charge in [-0.2, -0.15) is 4.98 Å². The summed E-state index contributed by atoms with van der Waals surface area (Å²) < 4.78 is 15.8. The Morgan fingerprint density at radius 1 is 1.25 bits per heavy atom. The molecule has 1 fully saturated rings. The molecule has 0 N–H and O–H groups in total. The van der Waals surface area contributed by atoms with Crippen LogP contribution in [0.5, 0.6) is 5.75 Å². The van der Waals surface area contributed by atoms with Crippen LogP contribution in [0, 0.1) is 12.8 Å². The molecule has 28 heavy (non-hydrogen) atoms. The van der Waals surface area contributed by atoms with Gasteiger partial charge in [0.15, 0.2) is 12.7 Å². The molecule has 8 nitrogen and oxygen atoms in total. The second-order valence-corrected chi connectivity index (χ2v) is 7.10. The third-order valence-corrected chi connectivity index (χ3v) is 4.75. The lowest BCUT2D eigenvalue weighted by atomic mass is 9.99. The number of likely N-dealkylation sites (tertiary alicyclic amines) is 1. The number of hydrogen-bond donors (Lipinski definition) is 0. The first-order valence-electron chi connectivity index (χ1n) is 9.44. The molecule has 0 saturated carbocycles. The van der Waals surface area contributed by atoms with Crippen molar-refractivity contribution in [2.45, 2.75) is 46.3 Å². The van der Waals surface area contributed by atoms with Gasteiger partial charge in [-0.1, -0.05) is 12.1 Å². The van der Waals surface area contributed by atoms with E-state index in [0.717, 1.165) is 12.8 Å². The van der Waals surface area contributed by atoms with Gasteiger partial charge in [-0.25, -0.2) is 4.79 Å². The Labute approximate surface area is 163 Å². The molecular weight excluding hydrogens is 362 g/mol. The molecule has 1 atom stereocenters. The Bertz CT molecular complexity index is 810. The second kappa shape index (κ2) is 8.86. The van der Waals surface area contributed by atoms with E-state index >= 15 is 0 Å². The van der Waals surface area contributed by atoms with Crippen LogP contribution >= 0.6 is 0 Å². The maximum absolute atomic E-state index is 12.5. The maximum Gasteiger partial charge on any atom is 0.338 e. The predicted molar refractivity (Wildman–Crippen MR) is 99.7 cm³/mol. The van der Waals surface area contributed by atoms with Gasteiger partial charge in [-0.05, 0) is 49.9 Å². The molecule has 1 aliphatic rings. The highest BCUT2D eigenvalue weighted by Crippen LogP contribution is 2.18. The number of piperidine rings is 1. The van der Waals surface area contributed by atoms with Gasteiger partial charge < -0.3 is 18.9 Å². The van der Waals surface area contributed by atoms with E-state index in [2.05, 4.69) is 17.1 Å². The van der Waals surface area contributed by atoms with Gasteiger partial charge in [0.2, 0.25) is 11.7 Å². The summed E-state index contributed by atoms with van der Waals surface area (Å²) in [5, 5.41) is 3.75. The Morgan fingerprint density at radius 3 is 2.54 bits per heavy atom. The molecule has 0 bridgehead atoms. The van der Waals surface area contributed by atoms with Crippen LogP contribution in [0.3, 0.4) is 0 Å². The number of nitrogens with zero attached hydrogens (tertiary/aromatic N) is 3. The van der Waals surface area contributed by atoms with Crippen LogP contribution in [0.15, 0.2) is 28.8 Å². The Morgan fingerprint density at radius 2 is 1.93 bits per heavy atom. The van der Waals surface area contributed by atoms with Gasteiger partial charge in [0.05, 0.1) is 5.56 Å². The maximum atomic E-state index is 12.5. The Balaban J connectivity index is 1.50. The van der Waals surface area contributed by atoms with E-state index < -0.39 is 12.1 Å². The minimum absolute atomic E-state index is 0.143. The number of amides is 1. The summed E-state index contributed by atoms with van der Waals surface area (Å²) in [6, 6.07) is 6.50. The highest BCUT2D eigenvalue weighted by molar-refractivity contribution is 5.92. The molecule has 0 unspecified atom stereocenters. The fraction of sp³-hybridized carbons (Fsp3) is 0.500. The zero-order valence-corrected chi connectivity index (χ0v) is 16.4. The van der Waals surface area contributed by atoms with Crippen molar-refractivity contribution in [1.29, 1.82) is 0 Å². The van der Waals surface area contributed by atoms with E-state index in [1.807, 2.05) is 0 Å². The number of carbonyl (C=O) groups excluding carboxylic acids is 2. The molecule has 1 aliphatic heterocycles. The van der Waals surface area contributed by atoms with E-state index in [1.54, 1.807) is 43.0 Å². The number of hydrogen-bond acceptors (Lipinski definition) is 7. The number of ether oxygens (including phenoxy) is 2. The van der Waals surface area contributed by atoms with E-state index in [9.17, 15) is 9.59 Å². The van der Waals surface area contributed by atoms with Crippen LogP contribution in [0.2, 0.25) is 0 Å². The fourth-order valence-electron chi connectivity index (χ4n) is 3.00. The van der Waals surface area contributed by atoms with Crippen LogP contribution in [-0.2, 0) is 16.1 Å². The van der Waals surface area contributed by atoms with E-state index in [-0.39, 0.29) is 12.5 Å². The number of aryl methyl sites for hydroxylation is 1. The fourth-order valence-corrected chi connectivity index (χ4v) is 3.00. The number of aromatic nitrogens is 2. The van der Waals surface area contributed by atoms with Gasteiger partial charge in [0.1, 0.15) is 5.75 Å². The van der Waals surface area contributed by atoms with Crippen molar-refractivity contribution in [1.82, 2.24) is 15.0 Å². The van der Waals surface area contributed by atoms with Crippen molar-refractivity contribution in [3.63, 3.8) is 0 Å². The standard InChI is InChI=1S/C20H25N3O5/c1-13-8-10-23(11-9-13)19(24)14(2)27-20(25)16-4-6-17(7-5-16)26-12-18-21-15(3)28-22-18/h4-7,13-14H,8-12H2,1-3H3/t14-/m0/s1. The van der Waals surface area contributed by atoms with E-state index in [4.69, 9.17) is 14.0 Å². The molecule has 150 valence electrons. The summed E-state index contributed by atoms with van der Waals surface area (Å²) in [6.45, 7) is 7.10. The lowest BCUT2D eigenvalue weighted by Gasteiger charge is -2.31. The van der Waals surface area contributed by atoms with Crippen LogP contribution in [0.1, 0.15) is 48.8 Å². The van der Waals surface area contributed by atoms with Gasteiger partial charge in [-0.15, -0.1) is 0 Å². The smallest absolute Gasteiger partial charge is 0.338 e. The number of esters is 1. The topological polar surface area (TPSA) is 94.8 Å². The molecule has 1 aromatic carbocycles. The first-order valence-corrected chi connectivity index (χ1v) is 9.44. The Kier molecular flexibility index (Phi) is 6.28. The van der Waals surface area contributed by atoms with Gasteiger partial charge in [-0.3, -0.25) is 4.79 Å². The molecule has 8 heteroatoms. The summed E-state index contributed by atoms with van der Waals surface area (Å²) in [5.41, 5.74) is 0.356. The third-order valence-electron chi connectivity index (χ3n) is 4.75.